The van der Waals surface area contributed by atoms with Crippen LogP contribution in [0, 0.1) is 5.92 Å². The molecule has 0 aliphatic carbocycles. The average Bonchev–Trinajstić information content (AvgIpc) is 2.44. The standard InChI is InChI=1S/C16H25Cl2NO2/c1-4-11(2)8-12(3)19-9-13(20)10-21-16-14(17)6-5-7-15(16)18/h5-7,11-13,19-20H,4,8-10H2,1-3H3. The van der Waals surface area contributed by atoms with Gasteiger partial charge in [-0.15, -0.1) is 0 Å². The number of ether oxygens (including phenoxy) is 1. The number of hydrogen-bond acceptors (Lipinski definition) is 3. The SMILES string of the molecule is CCC(C)CC(C)NCC(O)COc1c(Cl)cccc1Cl. The van der Waals surface area contributed by atoms with Crippen molar-refractivity contribution in [3.8, 4) is 5.75 Å². The quantitative estimate of drug-likeness (QED) is 0.713. The van der Waals surface area contributed by atoms with Crippen LogP contribution >= 0.6 is 23.2 Å². The monoisotopic (exact) mass is 333 g/mol. The Hall–Kier alpha value is -0.480. The highest BCUT2D eigenvalue weighted by Gasteiger charge is 2.12. The van der Waals surface area contributed by atoms with Crippen LogP contribution in [0.5, 0.6) is 5.75 Å². The van der Waals surface area contributed by atoms with E-state index in [-0.39, 0.29) is 6.61 Å². The Labute approximate surface area is 137 Å². The lowest BCUT2D eigenvalue weighted by molar-refractivity contribution is 0.103. The molecule has 1 rings (SSSR count). The van der Waals surface area contributed by atoms with Gasteiger partial charge in [-0.05, 0) is 31.4 Å². The third-order valence-corrected chi connectivity index (χ3v) is 4.09. The predicted molar refractivity (Wildman–Crippen MR) is 89.5 cm³/mol. The molecule has 0 aromatic heterocycles. The fourth-order valence-corrected chi connectivity index (χ4v) is 2.56. The molecule has 3 unspecified atom stereocenters. The lowest BCUT2D eigenvalue weighted by atomic mass is 10.0. The first kappa shape index (κ1) is 18.6. The minimum absolute atomic E-state index is 0.159. The fraction of sp³-hybridized carbons (Fsp3) is 0.625. The van der Waals surface area contributed by atoms with Crippen LogP contribution < -0.4 is 10.1 Å². The molecule has 0 amide bonds. The zero-order chi connectivity index (χ0) is 15.8. The first-order valence-electron chi connectivity index (χ1n) is 7.42. The number of nitrogens with one attached hydrogen (secondary N) is 1. The van der Waals surface area contributed by atoms with Crippen molar-refractivity contribution in [2.45, 2.75) is 45.8 Å². The smallest absolute Gasteiger partial charge is 0.156 e. The van der Waals surface area contributed by atoms with Crippen LogP contribution in [0.1, 0.15) is 33.6 Å². The molecule has 5 heteroatoms. The van der Waals surface area contributed by atoms with Gasteiger partial charge in [0.2, 0.25) is 0 Å². The molecule has 0 radical (unpaired) electrons. The van der Waals surface area contributed by atoms with Crippen LogP contribution in [0.4, 0.5) is 0 Å². The Bertz CT molecular complexity index is 408. The van der Waals surface area contributed by atoms with Crippen molar-refractivity contribution in [1.29, 1.82) is 0 Å². The van der Waals surface area contributed by atoms with E-state index in [4.69, 9.17) is 27.9 Å². The van der Waals surface area contributed by atoms with Crippen LogP contribution in [0.2, 0.25) is 10.0 Å². The number of hydrogen-bond donors (Lipinski definition) is 2. The molecule has 0 aliphatic rings. The van der Waals surface area contributed by atoms with Crippen molar-refractivity contribution < 1.29 is 9.84 Å². The van der Waals surface area contributed by atoms with Gasteiger partial charge in [0, 0.05) is 12.6 Å². The first-order chi connectivity index (χ1) is 9.93. The Morgan fingerprint density at radius 3 is 2.43 bits per heavy atom. The number of rotatable bonds is 9. The van der Waals surface area contributed by atoms with E-state index in [0.717, 1.165) is 6.42 Å². The van der Waals surface area contributed by atoms with Crippen LogP contribution in [0.3, 0.4) is 0 Å². The summed E-state index contributed by atoms with van der Waals surface area (Å²) in [5.74, 6) is 1.11. The van der Waals surface area contributed by atoms with Crippen LogP contribution in [0.25, 0.3) is 0 Å². The van der Waals surface area contributed by atoms with Crippen molar-refractivity contribution in [2.24, 2.45) is 5.92 Å². The molecule has 1 aromatic rings. The van der Waals surface area contributed by atoms with Gasteiger partial charge in [-0.3, -0.25) is 0 Å². The molecule has 0 aliphatic heterocycles. The van der Waals surface area contributed by atoms with Gasteiger partial charge in [-0.1, -0.05) is 49.5 Å². The summed E-state index contributed by atoms with van der Waals surface area (Å²) in [4.78, 5) is 0. The summed E-state index contributed by atoms with van der Waals surface area (Å²) in [6.45, 7) is 7.20. The third-order valence-electron chi connectivity index (χ3n) is 3.49. The topological polar surface area (TPSA) is 41.5 Å². The molecule has 0 fully saturated rings. The Morgan fingerprint density at radius 2 is 1.86 bits per heavy atom. The van der Waals surface area contributed by atoms with Crippen molar-refractivity contribution in [1.82, 2.24) is 5.32 Å². The highest BCUT2D eigenvalue weighted by atomic mass is 35.5. The number of benzene rings is 1. The van der Waals surface area contributed by atoms with E-state index in [1.807, 2.05) is 0 Å². The summed E-state index contributed by atoms with van der Waals surface area (Å²) in [5.41, 5.74) is 0. The Kier molecular flexibility index (Phi) is 8.42. The molecule has 0 saturated heterocycles. The average molecular weight is 334 g/mol. The minimum Gasteiger partial charge on any atom is -0.488 e. The van der Waals surface area contributed by atoms with E-state index < -0.39 is 6.10 Å². The largest absolute Gasteiger partial charge is 0.488 e. The predicted octanol–water partition coefficient (Wildman–Crippen LogP) is 4.15. The Balaban J connectivity index is 2.33. The maximum atomic E-state index is 9.96. The van der Waals surface area contributed by atoms with Crippen LogP contribution in [0.15, 0.2) is 18.2 Å². The van der Waals surface area contributed by atoms with E-state index in [1.165, 1.54) is 6.42 Å². The zero-order valence-electron chi connectivity index (χ0n) is 12.9. The lowest BCUT2D eigenvalue weighted by Gasteiger charge is -2.20. The van der Waals surface area contributed by atoms with Gasteiger partial charge in [0.1, 0.15) is 12.7 Å². The van der Waals surface area contributed by atoms with Gasteiger partial charge in [-0.25, -0.2) is 0 Å². The van der Waals surface area contributed by atoms with Crippen molar-refractivity contribution >= 4 is 23.2 Å². The Morgan fingerprint density at radius 1 is 1.24 bits per heavy atom. The molecular formula is C16H25Cl2NO2. The maximum absolute atomic E-state index is 9.96. The molecule has 3 atom stereocenters. The van der Waals surface area contributed by atoms with Crippen molar-refractivity contribution in [3.63, 3.8) is 0 Å². The van der Waals surface area contributed by atoms with Gasteiger partial charge in [0.25, 0.3) is 0 Å². The van der Waals surface area contributed by atoms with Gasteiger partial charge in [-0.2, -0.15) is 0 Å². The second kappa shape index (κ2) is 9.52. The van der Waals surface area contributed by atoms with E-state index in [0.29, 0.717) is 34.3 Å². The fourth-order valence-electron chi connectivity index (χ4n) is 2.05. The number of aliphatic hydroxyl groups excluding tert-OH is 1. The first-order valence-corrected chi connectivity index (χ1v) is 8.17. The van der Waals surface area contributed by atoms with E-state index in [2.05, 4.69) is 26.1 Å². The molecule has 21 heavy (non-hydrogen) atoms. The van der Waals surface area contributed by atoms with Crippen molar-refractivity contribution in [2.75, 3.05) is 13.2 Å². The molecule has 0 bridgehead atoms. The van der Waals surface area contributed by atoms with Crippen LogP contribution in [-0.4, -0.2) is 30.4 Å². The summed E-state index contributed by atoms with van der Waals surface area (Å²) in [5, 5.41) is 14.2. The second-order valence-corrected chi connectivity index (χ2v) is 6.39. The lowest BCUT2D eigenvalue weighted by Crippen LogP contribution is -2.37. The molecule has 0 saturated carbocycles. The van der Waals surface area contributed by atoms with E-state index in [9.17, 15) is 5.11 Å². The van der Waals surface area contributed by atoms with Gasteiger partial charge in [0.15, 0.2) is 5.75 Å². The minimum atomic E-state index is -0.600. The highest BCUT2D eigenvalue weighted by molar-refractivity contribution is 6.37. The molecule has 3 nitrogen and oxygen atoms in total. The second-order valence-electron chi connectivity index (χ2n) is 5.57. The highest BCUT2D eigenvalue weighted by Crippen LogP contribution is 2.32. The third kappa shape index (κ3) is 6.88. The molecule has 1 aromatic carbocycles. The summed E-state index contributed by atoms with van der Waals surface area (Å²) >= 11 is 12.0. The van der Waals surface area contributed by atoms with Gasteiger partial charge < -0.3 is 15.2 Å². The number of para-hydroxylation sites is 1. The van der Waals surface area contributed by atoms with Gasteiger partial charge in [0.05, 0.1) is 10.0 Å². The maximum Gasteiger partial charge on any atom is 0.156 e. The van der Waals surface area contributed by atoms with Crippen LogP contribution in [-0.2, 0) is 0 Å². The molecule has 0 heterocycles. The number of halogens is 2. The van der Waals surface area contributed by atoms with E-state index in [1.54, 1.807) is 18.2 Å². The van der Waals surface area contributed by atoms with Crippen molar-refractivity contribution in [3.05, 3.63) is 28.2 Å². The van der Waals surface area contributed by atoms with Gasteiger partial charge >= 0.3 is 0 Å². The summed E-state index contributed by atoms with van der Waals surface area (Å²) in [6, 6.07) is 5.55. The molecular weight excluding hydrogens is 309 g/mol. The molecule has 120 valence electrons. The summed E-state index contributed by atoms with van der Waals surface area (Å²) in [6.07, 6.45) is 1.67. The summed E-state index contributed by atoms with van der Waals surface area (Å²) < 4.78 is 5.51. The normalized spacial score (nSPS) is 15.5. The zero-order valence-corrected chi connectivity index (χ0v) is 14.4. The number of aliphatic hydroxyl groups is 1. The molecule has 0 spiro atoms. The molecule has 2 N–H and O–H groups in total. The van der Waals surface area contributed by atoms with E-state index >= 15 is 0 Å². The summed E-state index contributed by atoms with van der Waals surface area (Å²) in [7, 11) is 0.